The molecule has 1 N–H and O–H groups in total. The largest absolute Gasteiger partial charge is 0.388 e. The van der Waals surface area contributed by atoms with Crippen LogP contribution >= 0.6 is 11.6 Å². The molecule has 4 heteroatoms. The molecule has 1 aromatic heterocycles. The predicted molar refractivity (Wildman–Crippen MR) is 94.7 cm³/mol. The zero-order valence-electron chi connectivity index (χ0n) is 13.8. The van der Waals surface area contributed by atoms with E-state index in [0.717, 1.165) is 42.6 Å². The van der Waals surface area contributed by atoms with Crippen molar-refractivity contribution in [1.29, 1.82) is 0 Å². The molecule has 1 unspecified atom stereocenters. The van der Waals surface area contributed by atoms with Crippen LogP contribution in [0.3, 0.4) is 0 Å². The quantitative estimate of drug-likeness (QED) is 0.556. The Morgan fingerprint density at radius 1 is 1.26 bits per heavy atom. The molecule has 0 spiro atoms. The highest BCUT2D eigenvalue weighted by molar-refractivity contribution is 6.32. The number of aryl methyl sites for hydroxylation is 1. The highest BCUT2D eigenvalue weighted by Gasteiger charge is 2.17. The molecular formula is C19H24ClNO2. The summed E-state index contributed by atoms with van der Waals surface area (Å²) in [7, 11) is 1.69. The van der Waals surface area contributed by atoms with E-state index in [9.17, 15) is 5.11 Å². The first-order chi connectivity index (χ1) is 11.2. The van der Waals surface area contributed by atoms with Gasteiger partial charge in [0.1, 0.15) is 5.15 Å². The third-order valence-corrected chi connectivity index (χ3v) is 4.28. The highest BCUT2D eigenvalue weighted by Crippen LogP contribution is 2.35. The second kappa shape index (κ2) is 9.02. The molecule has 0 bridgehead atoms. The third-order valence-electron chi connectivity index (χ3n) is 4.00. The van der Waals surface area contributed by atoms with E-state index in [-0.39, 0.29) is 0 Å². The average molecular weight is 334 g/mol. The maximum atomic E-state index is 10.6. The molecule has 1 aromatic carbocycles. The number of methoxy groups -OCH3 is 1. The monoisotopic (exact) mass is 333 g/mol. The van der Waals surface area contributed by atoms with Crippen molar-refractivity contribution >= 4 is 11.6 Å². The summed E-state index contributed by atoms with van der Waals surface area (Å²) in [4.78, 5) is 4.20. The summed E-state index contributed by atoms with van der Waals surface area (Å²) in [5.41, 5.74) is 3.93. The summed E-state index contributed by atoms with van der Waals surface area (Å²) in [6, 6.07) is 10.1. The van der Waals surface area contributed by atoms with Gasteiger partial charge in [0.25, 0.3) is 0 Å². The second-order valence-electron chi connectivity index (χ2n) is 5.62. The fourth-order valence-corrected chi connectivity index (χ4v) is 2.97. The van der Waals surface area contributed by atoms with Gasteiger partial charge in [-0.3, -0.25) is 0 Å². The molecule has 0 fully saturated rings. The molecule has 1 heterocycles. The molecule has 2 rings (SSSR count). The van der Waals surface area contributed by atoms with Crippen molar-refractivity contribution in [2.75, 3.05) is 13.7 Å². The Kier molecular flexibility index (Phi) is 7.03. The molecule has 0 amide bonds. The molecule has 23 heavy (non-hydrogen) atoms. The molecule has 1 atom stereocenters. The van der Waals surface area contributed by atoms with E-state index in [2.05, 4.69) is 24.0 Å². The lowest BCUT2D eigenvalue weighted by Gasteiger charge is -2.17. The van der Waals surface area contributed by atoms with Crippen LogP contribution in [0.2, 0.25) is 5.15 Å². The van der Waals surface area contributed by atoms with Crippen LogP contribution in [0.5, 0.6) is 0 Å². The van der Waals surface area contributed by atoms with Gasteiger partial charge in [0, 0.05) is 25.5 Å². The number of ether oxygens (including phenoxy) is 1. The maximum Gasteiger partial charge on any atom is 0.137 e. The first kappa shape index (κ1) is 17.9. The molecule has 0 saturated carbocycles. The van der Waals surface area contributed by atoms with Crippen LogP contribution in [-0.4, -0.2) is 23.8 Å². The van der Waals surface area contributed by atoms with Gasteiger partial charge in [-0.15, -0.1) is 0 Å². The van der Waals surface area contributed by atoms with E-state index in [1.807, 2.05) is 18.2 Å². The Morgan fingerprint density at radius 3 is 2.83 bits per heavy atom. The number of rotatable bonds is 8. The maximum absolute atomic E-state index is 10.6. The molecule has 3 nitrogen and oxygen atoms in total. The smallest absolute Gasteiger partial charge is 0.137 e. The van der Waals surface area contributed by atoms with E-state index in [1.165, 1.54) is 5.56 Å². The zero-order valence-corrected chi connectivity index (χ0v) is 14.5. The summed E-state index contributed by atoms with van der Waals surface area (Å²) < 4.78 is 5.05. The molecule has 2 aromatic rings. The number of hydrogen-bond donors (Lipinski definition) is 1. The molecule has 0 saturated heterocycles. The lowest BCUT2D eigenvalue weighted by atomic mass is 9.94. The summed E-state index contributed by atoms with van der Waals surface area (Å²) in [6.45, 7) is 2.84. The Bertz CT molecular complexity index is 631. The van der Waals surface area contributed by atoms with Gasteiger partial charge >= 0.3 is 0 Å². The Balaban J connectivity index is 2.28. The van der Waals surface area contributed by atoms with Crippen molar-refractivity contribution in [1.82, 2.24) is 4.98 Å². The fourth-order valence-electron chi connectivity index (χ4n) is 2.70. The van der Waals surface area contributed by atoms with Crippen molar-refractivity contribution in [3.63, 3.8) is 0 Å². The van der Waals surface area contributed by atoms with Crippen molar-refractivity contribution in [3.05, 3.63) is 52.8 Å². The van der Waals surface area contributed by atoms with Crippen molar-refractivity contribution < 1.29 is 9.84 Å². The van der Waals surface area contributed by atoms with Gasteiger partial charge in [-0.05, 0) is 48.4 Å². The Hall–Kier alpha value is -1.42. The average Bonchev–Trinajstić information content (AvgIpc) is 2.58. The lowest BCUT2D eigenvalue weighted by molar-refractivity contribution is 0.151. The number of nitrogens with zero attached hydrogens (tertiary/aromatic N) is 1. The van der Waals surface area contributed by atoms with Crippen LogP contribution in [0.15, 0.2) is 36.5 Å². The van der Waals surface area contributed by atoms with Crippen molar-refractivity contribution in [2.45, 2.75) is 38.7 Å². The summed E-state index contributed by atoms with van der Waals surface area (Å²) in [5.74, 6) is 0. The van der Waals surface area contributed by atoms with E-state index < -0.39 is 6.10 Å². The van der Waals surface area contributed by atoms with Crippen molar-refractivity contribution in [2.24, 2.45) is 0 Å². The number of aliphatic hydroxyl groups is 1. The molecule has 0 radical (unpaired) electrons. The van der Waals surface area contributed by atoms with Crippen LogP contribution in [0, 0.1) is 0 Å². The number of unbranched alkanes of at least 4 members (excludes halogenated alkanes) is 1. The first-order valence-corrected chi connectivity index (χ1v) is 8.45. The molecule has 0 aliphatic heterocycles. The summed E-state index contributed by atoms with van der Waals surface area (Å²) >= 11 is 6.35. The van der Waals surface area contributed by atoms with Gasteiger partial charge in [-0.1, -0.05) is 42.8 Å². The van der Waals surface area contributed by atoms with Crippen LogP contribution in [0.25, 0.3) is 11.1 Å². The topological polar surface area (TPSA) is 42.4 Å². The van der Waals surface area contributed by atoms with Crippen molar-refractivity contribution in [3.8, 4) is 11.1 Å². The molecule has 0 aliphatic carbocycles. The fraction of sp³-hybridized carbons (Fsp3) is 0.421. The van der Waals surface area contributed by atoms with Crippen LogP contribution in [0.4, 0.5) is 0 Å². The highest BCUT2D eigenvalue weighted by atomic mass is 35.5. The molecule has 124 valence electrons. The van der Waals surface area contributed by atoms with Crippen LogP contribution in [-0.2, 0) is 11.2 Å². The summed E-state index contributed by atoms with van der Waals surface area (Å²) in [5, 5.41) is 11.0. The number of aromatic nitrogens is 1. The van der Waals surface area contributed by atoms with Crippen LogP contribution in [0.1, 0.15) is 43.4 Å². The van der Waals surface area contributed by atoms with E-state index in [0.29, 0.717) is 11.6 Å². The van der Waals surface area contributed by atoms with Gasteiger partial charge in [-0.25, -0.2) is 4.98 Å². The van der Waals surface area contributed by atoms with E-state index >= 15 is 0 Å². The molecular weight excluding hydrogens is 310 g/mol. The predicted octanol–water partition coefficient (Wildman–Crippen LogP) is 4.81. The third kappa shape index (κ3) is 4.77. The Labute approximate surface area is 143 Å². The first-order valence-electron chi connectivity index (χ1n) is 8.08. The summed E-state index contributed by atoms with van der Waals surface area (Å²) in [6.07, 6.45) is 4.59. The van der Waals surface area contributed by atoms with Gasteiger partial charge in [0.2, 0.25) is 0 Å². The number of hydrogen-bond acceptors (Lipinski definition) is 3. The normalized spacial score (nSPS) is 12.3. The van der Waals surface area contributed by atoms with Crippen LogP contribution < -0.4 is 0 Å². The van der Waals surface area contributed by atoms with E-state index in [4.69, 9.17) is 16.3 Å². The number of halogens is 1. The SMILES string of the molecule is CCc1cccc(-c2c(C(O)CCCCOC)ccnc2Cl)c1. The molecule has 0 aliphatic rings. The van der Waals surface area contributed by atoms with E-state index in [1.54, 1.807) is 13.3 Å². The Morgan fingerprint density at radius 2 is 2.09 bits per heavy atom. The van der Waals surface area contributed by atoms with Gasteiger partial charge < -0.3 is 9.84 Å². The standard InChI is InChI=1S/C19H24ClNO2/c1-3-14-7-6-8-15(13-14)18-16(10-11-21-19(18)20)17(22)9-4-5-12-23-2/h6-8,10-11,13,17,22H,3-5,9,12H2,1-2H3. The number of benzene rings is 1. The minimum absolute atomic E-state index is 0.437. The second-order valence-corrected chi connectivity index (χ2v) is 5.98. The zero-order chi connectivity index (χ0) is 16.7. The number of aliphatic hydroxyl groups excluding tert-OH is 1. The van der Waals surface area contributed by atoms with Gasteiger partial charge in [0.15, 0.2) is 0 Å². The van der Waals surface area contributed by atoms with Gasteiger partial charge in [0.05, 0.1) is 6.10 Å². The van der Waals surface area contributed by atoms with Gasteiger partial charge in [-0.2, -0.15) is 0 Å². The minimum Gasteiger partial charge on any atom is -0.388 e. The lowest BCUT2D eigenvalue weighted by Crippen LogP contribution is -2.02. The number of pyridine rings is 1. The minimum atomic E-state index is -0.548.